The van der Waals surface area contributed by atoms with Crippen LogP contribution in [0.1, 0.15) is 62.0 Å². The highest BCUT2D eigenvalue weighted by molar-refractivity contribution is 6.30. The third-order valence-corrected chi connectivity index (χ3v) is 7.00. The summed E-state index contributed by atoms with van der Waals surface area (Å²) in [5, 5.41) is 14.7. The Morgan fingerprint density at radius 2 is 1.94 bits per heavy atom. The number of hydrogen-bond donors (Lipinski definition) is 1. The van der Waals surface area contributed by atoms with Crippen LogP contribution in [0.2, 0.25) is 5.02 Å². The van der Waals surface area contributed by atoms with Crippen LogP contribution >= 0.6 is 11.6 Å². The summed E-state index contributed by atoms with van der Waals surface area (Å²) >= 11 is 6.02. The van der Waals surface area contributed by atoms with Crippen LogP contribution in [0.5, 0.6) is 0 Å². The van der Waals surface area contributed by atoms with Gasteiger partial charge in [-0.3, -0.25) is 19.1 Å². The summed E-state index contributed by atoms with van der Waals surface area (Å²) in [5.41, 5.74) is 2.06. The fraction of sp³-hybridized carbons (Fsp3) is 0.520. The molecule has 2 aromatic rings. The van der Waals surface area contributed by atoms with Gasteiger partial charge in [-0.1, -0.05) is 49.9 Å². The molecule has 34 heavy (non-hydrogen) atoms. The maximum absolute atomic E-state index is 13.4. The van der Waals surface area contributed by atoms with E-state index in [1.54, 1.807) is 28.0 Å². The largest absolute Gasteiger partial charge is 0.481 e. The molecule has 9 heteroatoms. The van der Waals surface area contributed by atoms with E-state index in [0.717, 1.165) is 31.2 Å². The first-order chi connectivity index (χ1) is 16.4. The molecule has 8 nitrogen and oxygen atoms in total. The standard InChI is InChI=1S/C25H31ClN4O4/c1-2-3-4-7-20-15-29(16-23(31)28-12-5-6-18(14-28)25(33)34)24(32)22-13-21(27-30(20)22)17-8-10-19(26)11-9-17/h8-11,13,18,20H,2-7,12,14-16H2,1H3,(H,33,34). The van der Waals surface area contributed by atoms with Crippen LogP contribution in [0, 0.1) is 5.92 Å². The highest BCUT2D eigenvalue weighted by atomic mass is 35.5. The van der Waals surface area contributed by atoms with Gasteiger partial charge in [0.05, 0.1) is 17.7 Å². The SMILES string of the molecule is CCCCCC1CN(CC(=O)N2CCCC(C(=O)O)C2)C(=O)c2cc(-c3ccc(Cl)cc3)nn21. The lowest BCUT2D eigenvalue weighted by molar-refractivity contribution is -0.145. The monoisotopic (exact) mass is 486 g/mol. The van der Waals surface area contributed by atoms with E-state index in [4.69, 9.17) is 16.7 Å². The van der Waals surface area contributed by atoms with Gasteiger partial charge in [-0.2, -0.15) is 5.10 Å². The minimum atomic E-state index is -0.874. The second-order valence-corrected chi connectivity index (χ2v) is 9.66. The number of carboxylic acids is 1. The van der Waals surface area contributed by atoms with E-state index in [2.05, 4.69) is 6.92 Å². The molecule has 0 bridgehead atoms. The van der Waals surface area contributed by atoms with Gasteiger partial charge in [0.2, 0.25) is 5.91 Å². The lowest BCUT2D eigenvalue weighted by Gasteiger charge is -2.36. The molecule has 2 atom stereocenters. The van der Waals surface area contributed by atoms with Crippen molar-refractivity contribution in [2.75, 3.05) is 26.2 Å². The Bertz CT molecular complexity index is 1050. The number of benzene rings is 1. The lowest BCUT2D eigenvalue weighted by Crippen LogP contribution is -2.50. The molecule has 4 rings (SSSR count). The van der Waals surface area contributed by atoms with Crippen LogP contribution in [-0.2, 0) is 9.59 Å². The van der Waals surface area contributed by atoms with E-state index in [1.807, 2.05) is 16.8 Å². The molecule has 1 fully saturated rings. The number of amides is 2. The van der Waals surface area contributed by atoms with Gasteiger partial charge >= 0.3 is 5.97 Å². The molecule has 2 unspecified atom stereocenters. The Hall–Kier alpha value is -2.87. The highest BCUT2D eigenvalue weighted by Gasteiger charge is 2.36. The molecule has 0 saturated carbocycles. The zero-order valence-corrected chi connectivity index (χ0v) is 20.2. The molecule has 2 amide bonds. The number of halogens is 1. The number of carboxylic acid groups (broad SMARTS) is 1. The summed E-state index contributed by atoms with van der Waals surface area (Å²) in [6, 6.07) is 9.12. The molecule has 1 aromatic carbocycles. The third kappa shape index (κ3) is 5.27. The molecular weight excluding hydrogens is 456 g/mol. The van der Waals surface area contributed by atoms with Gasteiger partial charge in [-0.05, 0) is 37.5 Å². The minimum absolute atomic E-state index is 0.0128. The number of piperidine rings is 1. The van der Waals surface area contributed by atoms with Crippen LogP contribution in [0.25, 0.3) is 11.3 Å². The number of unbranched alkanes of at least 4 members (excludes halogenated alkanes) is 2. The van der Waals surface area contributed by atoms with E-state index in [-0.39, 0.29) is 30.9 Å². The predicted octanol–water partition coefficient (Wildman–Crippen LogP) is 4.10. The van der Waals surface area contributed by atoms with Crippen LogP contribution in [0.15, 0.2) is 30.3 Å². The molecule has 1 N–H and O–H groups in total. The quantitative estimate of drug-likeness (QED) is 0.566. The average molecular weight is 487 g/mol. The first kappa shape index (κ1) is 24.3. The summed E-state index contributed by atoms with van der Waals surface area (Å²) in [4.78, 5) is 41.0. The fourth-order valence-corrected chi connectivity index (χ4v) is 4.95. The molecule has 3 heterocycles. The lowest BCUT2D eigenvalue weighted by atomic mass is 9.98. The number of carbonyl (C=O) groups excluding carboxylic acids is 2. The van der Waals surface area contributed by atoms with Crippen LogP contribution in [0.4, 0.5) is 0 Å². The Labute approximate surface area is 204 Å². The minimum Gasteiger partial charge on any atom is -0.481 e. The third-order valence-electron chi connectivity index (χ3n) is 6.75. The fourth-order valence-electron chi connectivity index (χ4n) is 4.82. The zero-order chi connectivity index (χ0) is 24.2. The Morgan fingerprint density at radius 3 is 2.65 bits per heavy atom. The first-order valence-electron chi connectivity index (χ1n) is 12.0. The van der Waals surface area contributed by atoms with Crippen LogP contribution < -0.4 is 0 Å². The van der Waals surface area contributed by atoms with Crippen molar-refractivity contribution in [2.24, 2.45) is 5.92 Å². The van der Waals surface area contributed by atoms with Crippen molar-refractivity contribution in [1.29, 1.82) is 0 Å². The summed E-state index contributed by atoms with van der Waals surface area (Å²) in [5.74, 6) is -1.84. The van der Waals surface area contributed by atoms with E-state index in [1.165, 1.54) is 0 Å². The number of carbonyl (C=O) groups is 3. The number of likely N-dealkylation sites (tertiary alicyclic amines) is 1. The summed E-state index contributed by atoms with van der Waals surface area (Å²) < 4.78 is 1.82. The number of aromatic nitrogens is 2. The van der Waals surface area contributed by atoms with Gasteiger partial charge in [0.15, 0.2) is 0 Å². The number of fused-ring (bicyclic) bond motifs is 1. The summed E-state index contributed by atoms with van der Waals surface area (Å²) in [7, 11) is 0. The zero-order valence-electron chi connectivity index (χ0n) is 19.5. The van der Waals surface area contributed by atoms with Crippen molar-refractivity contribution in [3.05, 3.63) is 41.0 Å². The number of aliphatic carboxylic acids is 1. The van der Waals surface area contributed by atoms with Gasteiger partial charge < -0.3 is 14.9 Å². The maximum atomic E-state index is 13.4. The van der Waals surface area contributed by atoms with E-state index >= 15 is 0 Å². The van der Waals surface area contributed by atoms with E-state index in [9.17, 15) is 19.5 Å². The van der Waals surface area contributed by atoms with Gasteiger partial charge in [-0.25, -0.2) is 0 Å². The maximum Gasteiger partial charge on any atom is 0.308 e. The van der Waals surface area contributed by atoms with Gasteiger partial charge in [0.25, 0.3) is 5.91 Å². The second-order valence-electron chi connectivity index (χ2n) is 9.22. The molecular formula is C25H31ClN4O4. The molecule has 1 aromatic heterocycles. The molecule has 0 radical (unpaired) electrons. The molecule has 2 aliphatic heterocycles. The van der Waals surface area contributed by atoms with E-state index in [0.29, 0.717) is 42.3 Å². The van der Waals surface area contributed by atoms with Crippen LogP contribution in [0.3, 0.4) is 0 Å². The van der Waals surface area contributed by atoms with Crippen molar-refractivity contribution in [1.82, 2.24) is 19.6 Å². The molecule has 0 aliphatic carbocycles. The average Bonchev–Trinajstić information content (AvgIpc) is 3.28. The second kappa shape index (κ2) is 10.6. The van der Waals surface area contributed by atoms with Gasteiger partial charge in [-0.15, -0.1) is 0 Å². The molecule has 0 spiro atoms. The molecule has 2 aliphatic rings. The Balaban J connectivity index is 1.55. The number of nitrogens with zero attached hydrogens (tertiary/aromatic N) is 4. The van der Waals surface area contributed by atoms with Crippen molar-refractivity contribution in [2.45, 2.75) is 51.5 Å². The molecule has 1 saturated heterocycles. The summed E-state index contributed by atoms with van der Waals surface area (Å²) in [6.07, 6.45) is 5.30. The van der Waals surface area contributed by atoms with Crippen LogP contribution in [-0.4, -0.2) is 68.6 Å². The van der Waals surface area contributed by atoms with E-state index < -0.39 is 11.9 Å². The topological polar surface area (TPSA) is 95.7 Å². The summed E-state index contributed by atoms with van der Waals surface area (Å²) in [6.45, 7) is 3.25. The van der Waals surface area contributed by atoms with Crippen molar-refractivity contribution >= 4 is 29.4 Å². The van der Waals surface area contributed by atoms with Gasteiger partial charge in [0, 0.05) is 30.2 Å². The van der Waals surface area contributed by atoms with Gasteiger partial charge in [0.1, 0.15) is 12.2 Å². The van der Waals surface area contributed by atoms with Crippen molar-refractivity contribution in [3.8, 4) is 11.3 Å². The van der Waals surface area contributed by atoms with Crippen molar-refractivity contribution in [3.63, 3.8) is 0 Å². The first-order valence-corrected chi connectivity index (χ1v) is 12.4. The smallest absolute Gasteiger partial charge is 0.308 e. The predicted molar refractivity (Wildman–Crippen MR) is 129 cm³/mol. The molecule has 182 valence electrons. The number of rotatable bonds is 8. The Kier molecular flexibility index (Phi) is 7.56. The highest BCUT2D eigenvalue weighted by Crippen LogP contribution is 2.30. The normalized spacial score (nSPS) is 20.4. The number of hydrogen-bond acceptors (Lipinski definition) is 4. The van der Waals surface area contributed by atoms with Crippen molar-refractivity contribution < 1.29 is 19.5 Å². The Morgan fingerprint density at radius 1 is 1.18 bits per heavy atom.